The van der Waals surface area contributed by atoms with E-state index in [0.29, 0.717) is 5.92 Å². The van der Waals surface area contributed by atoms with E-state index in [1.807, 2.05) is 24.3 Å². The van der Waals surface area contributed by atoms with Crippen LogP contribution >= 0.6 is 11.6 Å². The van der Waals surface area contributed by atoms with Crippen molar-refractivity contribution in [2.45, 2.75) is 58.8 Å². The van der Waals surface area contributed by atoms with Gasteiger partial charge >= 0.3 is 0 Å². The third-order valence-corrected chi connectivity index (χ3v) is 3.60. The normalized spacial score (nSPS) is 16.4. The molecular weight excluding hydrogens is 258 g/mol. The lowest BCUT2D eigenvalue weighted by atomic mass is 9.99. The molecule has 3 atom stereocenters. The first-order chi connectivity index (χ1) is 8.95. The molecule has 0 aliphatic rings. The van der Waals surface area contributed by atoms with Crippen LogP contribution in [-0.4, -0.2) is 12.1 Å². The van der Waals surface area contributed by atoms with Crippen molar-refractivity contribution in [3.63, 3.8) is 0 Å². The van der Waals surface area contributed by atoms with E-state index in [1.165, 1.54) is 0 Å². The average molecular weight is 284 g/mol. The molecule has 0 heterocycles. The number of hydrogen-bond acceptors (Lipinski definition) is 2. The number of halogens is 1. The summed E-state index contributed by atoms with van der Waals surface area (Å²) in [5.74, 6) is 0.611. The van der Waals surface area contributed by atoms with Crippen molar-refractivity contribution in [3.05, 3.63) is 34.9 Å². The van der Waals surface area contributed by atoms with Crippen LogP contribution in [0.5, 0.6) is 0 Å². The standard InChI is InChI=1S/C16H26ClNO/c1-5-15(18)16(19-12(4)10-11(2)3)13-8-6-7-9-14(13)17/h6-9,11-12,15-16H,5,10,18H2,1-4H3. The topological polar surface area (TPSA) is 35.2 Å². The third-order valence-electron chi connectivity index (χ3n) is 3.25. The highest BCUT2D eigenvalue weighted by atomic mass is 35.5. The zero-order valence-electron chi connectivity index (χ0n) is 12.4. The van der Waals surface area contributed by atoms with Crippen molar-refractivity contribution < 1.29 is 4.74 Å². The zero-order valence-corrected chi connectivity index (χ0v) is 13.2. The average Bonchev–Trinajstić information content (AvgIpc) is 2.35. The number of benzene rings is 1. The molecule has 3 unspecified atom stereocenters. The molecule has 3 heteroatoms. The van der Waals surface area contributed by atoms with Crippen LogP contribution in [0.2, 0.25) is 5.02 Å². The van der Waals surface area contributed by atoms with Gasteiger partial charge in [0.2, 0.25) is 0 Å². The predicted octanol–water partition coefficient (Wildman–Crippen LogP) is 4.57. The van der Waals surface area contributed by atoms with Crippen molar-refractivity contribution in [2.75, 3.05) is 0 Å². The summed E-state index contributed by atoms with van der Waals surface area (Å²) in [5.41, 5.74) is 7.21. The molecule has 1 rings (SSSR count). The van der Waals surface area contributed by atoms with Crippen LogP contribution in [0.4, 0.5) is 0 Å². The van der Waals surface area contributed by atoms with E-state index in [4.69, 9.17) is 22.1 Å². The van der Waals surface area contributed by atoms with Gasteiger partial charge in [0.15, 0.2) is 0 Å². The lowest BCUT2D eigenvalue weighted by Crippen LogP contribution is -2.32. The zero-order chi connectivity index (χ0) is 14.4. The van der Waals surface area contributed by atoms with E-state index in [0.717, 1.165) is 23.4 Å². The van der Waals surface area contributed by atoms with Crippen LogP contribution in [-0.2, 0) is 4.74 Å². The first-order valence-corrected chi connectivity index (χ1v) is 7.48. The van der Waals surface area contributed by atoms with Crippen molar-refractivity contribution in [1.29, 1.82) is 0 Å². The summed E-state index contributed by atoms with van der Waals surface area (Å²) in [6.07, 6.45) is 1.94. The van der Waals surface area contributed by atoms with Crippen LogP contribution in [0.1, 0.15) is 52.2 Å². The summed E-state index contributed by atoms with van der Waals surface area (Å²) in [7, 11) is 0. The monoisotopic (exact) mass is 283 g/mol. The maximum absolute atomic E-state index is 6.27. The molecule has 0 aliphatic heterocycles. The Balaban J connectivity index is 2.87. The second-order valence-electron chi connectivity index (χ2n) is 5.59. The van der Waals surface area contributed by atoms with Crippen LogP contribution in [0.25, 0.3) is 0 Å². The minimum atomic E-state index is -0.132. The number of hydrogen-bond donors (Lipinski definition) is 1. The van der Waals surface area contributed by atoms with Crippen molar-refractivity contribution >= 4 is 11.6 Å². The lowest BCUT2D eigenvalue weighted by molar-refractivity contribution is -0.0270. The van der Waals surface area contributed by atoms with Gasteiger partial charge in [0.1, 0.15) is 0 Å². The van der Waals surface area contributed by atoms with Gasteiger partial charge in [-0.3, -0.25) is 0 Å². The number of nitrogens with two attached hydrogens (primary N) is 1. The highest BCUT2D eigenvalue weighted by molar-refractivity contribution is 6.31. The van der Waals surface area contributed by atoms with Crippen LogP contribution in [0.15, 0.2) is 24.3 Å². The van der Waals surface area contributed by atoms with Crippen LogP contribution < -0.4 is 5.73 Å². The Morgan fingerprint density at radius 3 is 2.37 bits per heavy atom. The highest BCUT2D eigenvalue weighted by Gasteiger charge is 2.24. The van der Waals surface area contributed by atoms with E-state index < -0.39 is 0 Å². The summed E-state index contributed by atoms with van der Waals surface area (Å²) in [4.78, 5) is 0. The molecular formula is C16H26ClNO. The summed E-state index contributed by atoms with van der Waals surface area (Å²) < 4.78 is 6.17. The summed E-state index contributed by atoms with van der Waals surface area (Å²) in [6, 6.07) is 7.77. The summed E-state index contributed by atoms with van der Waals surface area (Å²) >= 11 is 6.27. The maximum Gasteiger partial charge on any atom is 0.0993 e. The highest BCUT2D eigenvalue weighted by Crippen LogP contribution is 2.30. The fourth-order valence-corrected chi connectivity index (χ4v) is 2.54. The second kappa shape index (κ2) is 7.88. The predicted molar refractivity (Wildman–Crippen MR) is 82.5 cm³/mol. The molecule has 19 heavy (non-hydrogen) atoms. The van der Waals surface area contributed by atoms with Crippen LogP contribution in [0.3, 0.4) is 0 Å². The molecule has 2 N–H and O–H groups in total. The number of rotatable bonds is 7. The molecule has 0 bridgehead atoms. The quantitative estimate of drug-likeness (QED) is 0.795. The van der Waals surface area contributed by atoms with Gasteiger partial charge < -0.3 is 10.5 Å². The van der Waals surface area contributed by atoms with Gasteiger partial charge in [-0.05, 0) is 31.7 Å². The van der Waals surface area contributed by atoms with E-state index in [2.05, 4.69) is 27.7 Å². The largest absolute Gasteiger partial charge is 0.369 e. The minimum Gasteiger partial charge on any atom is -0.369 e. The Morgan fingerprint density at radius 2 is 1.84 bits per heavy atom. The van der Waals surface area contributed by atoms with Gasteiger partial charge in [-0.25, -0.2) is 0 Å². The first-order valence-electron chi connectivity index (χ1n) is 7.11. The van der Waals surface area contributed by atoms with Gasteiger partial charge in [0.05, 0.1) is 12.2 Å². The van der Waals surface area contributed by atoms with E-state index in [-0.39, 0.29) is 18.2 Å². The maximum atomic E-state index is 6.27. The second-order valence-corrected chi connectivity index (χ2v) is 6.00. The fraction of sp³-hybridized carbons (Fsp3) is 0.625. The van der Waals surface area contributed by atoms with E-state index >= 15 is 0 Å². The fourth-order valence-electron chi connectivity index (χ4n) is 2.29. The van der Waals surface area contributed by atoms with Crippen molar-refractivity contribution in [1.82, 2.24) is 0 Å². The van der Waals surface area contributed by atoms with Crippen molar-refractivity contribution in [3.8, 4) is 0 Å². The molecule has 2 nitrogen and oxygen atoms in total. The molecule has 0 saturated carbocycles. The van der Waals surface area contributed by atoms with Gasteiger partial charge in [0, 0.05) is 16.6 Å². The van der Waals surface area contributed by atoms with Gasteiger partial charge in [-0.15, -0.1) is 0 Å². The number of ether oxygens (including phenoxy) is 1. The van der Waals surface area contributed by atoms with Crippen LogP contribution in [0, 0.1) is 5.92 Å². The molecule has 0 fully saturated rings. The Labute approximate surface area is 122 Å². The lowest BCUT2D eigenvalue weighted by Gasteiger charge is -2.28. The molecule has 1 aromatic rings. The Morgan fingerprint density at radius 1 is 1.21 bits per heavy atom. The van der Waals surface area contributed by atoms with Gasteiger partial charge in [-0.2, -0.15) is 0 Å². The van der Waals surface area contributed by atoms with Crippen molar-refractivity contribution in [2.24, 2.45) is 11.7 Å². The molecule has 0 amide bonds. The first kappa shape index (κ1) is 16.5. The Hall–Kier alpha value is -0.570. The minimum absolute atomic E-state index is 0.0329. The van der Waals surface area contributed by atoms with E-state index in [1.54, 1.807) is 0 Å². The molecule has 1 aromatic carbocycles. The summed E-state index contributed by atoms with van der Waals surface area (Å²) in [6.45, 7) is 8.57. The van der Waals surface area contributed by atoms with Gasteiger partial charge in [-0.1, -0.05) is 50.6 Å². The Kier molecular flexibility index (Phi) is 6.84. The summed E-state index contributed by atoms with van der Waals surface area (Å²) in [5, 5.41) is 0.730. The SMILES string of the molecule is CCC(N)C(OC(C)CC(C)C)c1ccccc1Cl. The van der Waals surface area contributed by atoms with Gasteiger partial charge in [0.25, 0.3) is 0 Å². The molecule has 108 valence electrons. The smallest absolute Gasteiger partial charge is 0.0993 e. The molecule has 0 spiro atoms. The Bertz CT molecular complexity index is 381. The third kappa shape index (κ3) is 5.13. The molecule has 0 radical (unpaired) electrons. The molecule has 0 aromatic heterocycles. The van der Waals surface area contributed by atoms with E-state index in [9.17, 15) is 0 Å². The molecule has 0 aliphatic carbocycles. The molecule has 0 saturated heterocycles.